The fourth-order valence-electron chi connectivity index (χ4n) is 0. The molecule has 0 aromatic rings. The van der Waals surface area contributed by atoms with Crippen LogP contribution in [0.1, 0.15) is 34.6 Å². The van der Waals surface area contributed by atoms with E-state index in [0.717, 1.165) is 0 Å². The van der Waals surface area contributed by atoms with Gasteiger partial charge in [-0.3, -0.25) is 0 Å². The monoisotopic (exact) mass is 518 g/mol. The zero-order valence-electron chi connectivity index (χ0n) is 18.1. The summed E-state index contributed by atoms with van der Waals surface area (Å²) in [6, 6.07) is 0. The predicted molar refractivity (Wildman–Crippen MR) is 99.1 cm³/mol. The van der Waals surface area contributed by atoms with E-state index in [-0.39, 0.29) is 50.2 Å². The molecule has 0 heterocycles. The number of carbonyl (C=O) groups is 5. The number of carbonyl (C=O) groups excluding carboxylic acids is 5. The van der Waals surface area contributed by atoms with Crippen LogP contribution in [0.2, 0.25) is 0 Å². The minimum atomic E-state index is -1.19. The summed E-state index contributed by atoms with van der Waals surface area (Å²) in [5, 5.41) is 47.4. The molecular formula is C20H25NbO10. The van der Waals surface area contributed by atoms with Crippen molar-refractivity contribution in [3.63, 3.8) is 0 Å². The SMILES string of the molecule is C=C(C)C(=O)[O-].C=C(C)C(=O)[O-].C=C(C)C(=O)[O-].C=C(C)C(=O)[O-].C=C(C)C(=O)[O-].[Nb+5]. The molecule has 31 heavy (non-hydrogen) atoms. The van der Waals surface area contributed by atoms with E-state index in [0.29, 0.717) is 0 Å². The molecule has 0 saturated carbocycles. The molecule has 0 spiro atoms. The van der Waals surface area contributed by atoms with E-state index in [2.05, 4.69) is 32.9 Å². The van der Waals surface area contributed by atoms with Gasteiger partial charge in [0.25, 0.3) is 0 Å². The standard InChI is InChI=1S/5C4H6O2.Nb/c5*1-3(2)4(5)6;/h5*1H2,2H3,(H,5,6);/q;;;;;+5/p-5. The first kappa shape index (κ1) is 42.0. The van der Waals surface area contributed by atoms with Crippen molar-refractivity contribution in [3.05, 3.63) is 60.8 Å². The zero-order valence-corrected chi connectivity index (χ0v) is 20.3. The molecule has 0 radical (unpaired) electrons. The predicted octanol–water partition coefficient (Wildman–Crippen LogP) is -3.44. The van der Waals surface area contributed by atoms with E-state index in [1.807, 2.05) is 0 Å². The Bertz CT molecular complexity index is 503. The van der Waals surface area contributed by atoms with Crippen LogP contribution in [-0.4, -0.2) is 29.8 Å². The summed E-state index contributed by atoms with van der Waals surface area (Å²) >= 11 is 0. The molecule has 0 bridgehead atoms. The Morgan fingerprint density at radius 3 is 0.419 bits per heavy atom. The van der Waals surface area contributed by atoms with Gasteiger partial charge in [-0.1, -0.05) is 32.9 Å². The smallest absolute Gasteiger partial charge is 0.545 e. The molecule has 0 aliphatic rings. The zero-order chi connectivity index (χ0) is 25.8. The topological polar surface area (TPSA) is 201 Å². The van der Waals surface area contributed by atoms with Crippen LogP contribution in [0.4, 0.5) is 0 Å². The molecule has 0 aliphatic carbocycles. The molecule has 10 nitrogen and oxygen atoms in total. The number of carboxylic acids is 5. The summed E-state index contributed by atoms with van der Waals surface area (Å²) in [4.78, 5) is 47.4. The Kier molecular flexibility index (Phi) is 33.6. The summed E-state index contributed by atoms with van der Waals surface area (Å²) in [6.07, 6.45) is 0. The van der Waals surface area contributed by atoms with Gasteiger partial charge in [-0.15, -0.1) is 0 Å². The number of rotatable bonds is 5. The van der Waals surface area contributed by atoms with Gasteiger partial charge in [-0.2, -0.15) is 0 Å². The van der Waals surface area contributed by atoms with Crippen molar-refractivity contribution in [1.29, 1.82) is 0 Å². The first-order chi connectivity index (χ1) is 13.2. The summed E-state index contributed by atoms with van der Waals surface area (Å²) in [5.74, 6) is -5.93. The number of aliphatic carboxylic acids is 5. The molecule has 0 unspecified atom stereocenters. The maximum absolute atomic E-state index is 9.49. The van der Waals surface area contributed by atoms with E-state index in [1.54, 1.807) is 0 Å². The van der Waals surface area contributed by atoms with Crippen LogP contribution < -0.4 is 25.5 Å². The van der Waals surface area contributed by atoms with Gasteiger partial charge in [0.05, 0.1) is 29.8 Å². The van der Waals surface area contributed by atoms with Crippen molar-refractivity contribution in [3.8, 4) is 0 Å². The van der Waals surface area contributed by atoms with Gasteiger partial charge < -0.3 is 49.5 Å². The number of hydrogen-bond donors (Lipinski definition) is 0. The maximum Gasteiger partial charge on any atom is 5.00 e. The second kappa shape index (κ2) is 24.8. The first-order valence-corrected chi connectivity index (χ1v) is 7.56. The van der Waals surface area contributed by atoms with Crippen LogP contribution in [0.5, 0.6) is 0 Å². The Hall–Kier alpha value is -3.21. The Balaban J connectivity index is -0.0000000625. The molecule has 0 atom stereocenters. The molecule has 0 aromatic heterocycles. The molecule has 0 N–H and O–H groups in total. The second-order valence-electron chi connectivity index (χ2n) is 5.34. The molecule has 0 amide bonds. The third-order valence-corrected chi connectivity index (χ3v) is 1.74. The van der Waals surface area contributed by atoms with Gasteiger partial charge in [0, 0.05) is 0 Å². The minimum absolute atomic E-state index is 0. The van der Waals surface area contributed by atoms with E-state index in [1.165, 1.54) is 34.6 Å². The molecule has 0 aromatic carbocycles. The van der Waals surface area contributed by atoms with E-state index >= 15 is 0 Å². The van der Waals surface area contributed by atoms with Crippen LogP contribution >= 0.6 is 0 Å². The molecule has 0 saturated heterocycles. The van der Waals surface area contributed by atoms with Gasteiger partial charge in [0.1, 0.15) is 0 Å². The van der Waals surface area contributed by atoms with Crippen LogP contribution in [-0.2, 0) is 46.4 Å². The molecule has 0 aliphatic heterocycles. The summed E-state index contributed by atoms with van der Waals surface area (Å²) in [5.41, 5.74) is 0.324. The normalized spacial score (nSPS) is 7.26. The largest absolute Gasteiger partial charge is 5.00 e. The van der Waals surface area contributed by atoms with Crippen LogP contribution in [0.15, 0.2) is 60.8 Å². The molecule has 11 heteroatoms. The quantitative estimate of drug-likeness (QED) is 0.260. The van der Waals surface area contributed by atoms with E-state index in [4.69, 9.17) is 0 Å². The van der Waals surface area contributed by atoms with Gasteiger partial charge >= 0.3 is 22.4 Å². The third-order valence-electron chi connectivity index (χ3n) is 1.74. The van der Waals surface area contributed by atoms with Crippen LogP contribution in [0, 0.1) is 0 Å². The molecule has 0 rings (SSSR count). The van der Waals surface area contributed by atoms with Crippen LogP contribution in [0.3, 0.4) is 0 Å². The second-order valence-corrected chi connectivity index (χ2v) is 5.34. The van der Waals surface area contributed by atoms with Crippen molar-refractivity contribution >= 4 is 29.8 Å². The van der Waals surface area contributed by atoms with Gasteiger partial charge in [0.15, 0.2) is 0 Å². The van der Waals surface area contributed by atoms with E-state index in [9.17, 15) is 49.5 Å². The fourth-order valence-corrected chi connectivity index (χ4v) is 0. The Labute approximate surface area is 197 Å². The van der Waals surface area contributed by atoms with Gasteiger partial charge in [-0.05, 0) is 62.5 Å². The van der Waals surface area contributed by atoms with E-state index < -0.39 is 29.8 Å². The first-order valence-electron chi connectivity index (χ1n) is 7.56. The average molecular weight is 518 g/mol. The average Bonchev–Trinajstić information content (AvgIpc) is 2.56. The third kappa shape index (κ3) is 58.4. The van der Waals surface area contributed by atoms with Gasteiger partial charge in [0.2, 0.25) is 0 Å². The van der Waals surface area contributed by atoms with Crippen molar-refractivity contribution < 1.29 is 71.9 Å². The van der Waals surface area contributed by atoms with Crippen molar-refractivity contribution in [2.24, 2.45) is 0 Å². The minimum Gasteiger partial charge on any atom is -0.545 e. The molecular weight excluding hydrogens is 493 g/mol. The Morgan fingerprint density at radius 2 is 0.419 bits per heavy atom. The molecule has 0 fully saturated rings. The van der Waals surface area contributed by atoms with Crippen molar-refractivity contribution in [1.82, 2.24) is 0 Å². The van der Waals surface area contributed by atoms with Crippen LogP contribution in [0.25, 0.3) is 0 Å². The van der Waals surface area contributed by atoms with Gasteiger partial charge in [-0.25, -0.2) is 0 Å². The molecule has 170 valence electrons. The summed E-state index contributed by atoms with van der Waals surface area (Å²) < 4.78 is 0. The number of hydrogen-bond acceptors (Lipinski definition) is 10. The number of carboxylic acid groups (broad SMARTS) is 5. The van der Waals surface area contributed by atoms with Crippen molar-refractivity contribution in [2.75, 3.05) is 0 Å². The fraction of sp³-hybridized carbons (Fsp3) is 0.250. The summed E-state index contributed by atoms with van der Waals surface area (Å²) in [6.45, 7) is 22.4. The summed E-state index contributed by atoms with van der Waals surface area (Å²) in [7, 11) is 0. The van der Waals surface area contributed by atoms with Crippen molar-refractivity contribution in [2.45, 2.75) is 34.6 Å². The maximum atomic E-state index is 9.49. The Morgan fingerprint density at radius 1 is 0.387 bits per heavy atom.